The number of nitrogens with one attached hydrogen (secondary N) is 3. The van der Waals surface area contributed by atoms with Crippen molar-refractivity contribution in [2.45, 2.75) is 45.7 Å². The number of aromatic nitrogens is 6. The van der Waals surface area contributed by atoms with E-state index in [0.717, 1.165) is 36.1 Å². The number of halogens is 1. The summed E-state index contributed by atoms with van der Waals surface area (Å²) in [4.78, 5) is 25.1. The summed E-state index contributed by atoms with van der Waals surface area (Å²) in [7, 11) is 0. The molecule has 0 bridgehead atoms. The lowest BCUT2D eigenvalue weighted by Crippen LogP contribution is -2.43. The monoisotopic (exact) mass is 505 g/mol. The SMILES string of the molecule is Cc1cc(-c2nc(Nc3cnn(C4CNC4)c3)ncc2F)ccc1CNC(=O)c1noc(C(C)(C)C)n1. The molecule has 0 atom stereocenters. The van der Waals surface area contributed by atoms with Gasteiger partial charge in [0.05, 0.1) is 24.1 Å². The van der Waals surface area contributed by atoms with E-state index in [1.165, 1.54) is 0 Å². The maximum atomic E-state index is 14.7. The van der Waals surface area contributed by atoms with Gasteiger partial charge in [0.15, 0.2) is 5.82 Å². The molecule has 37 heavy (non-hydrogen) atoms. The number of carbonyl (C=O) groups is 1. The quantitative estimate of drug-likeness (QED) is 0.346. The van der Waals surface area contributed by atoms with E-state index in [1.807, 2.05) is 50.7 Å². The number of rotatable bonds is 7. The molecule has 12 heteroatoms. The predicted octanol–water partition coefficient (Wildman–Crippen LogP) is 3.29. The molecule has 3 N–H and O–H groups in total. The molecule has 4 aromatic rings. The summed E-state index contributed by atoms with van der Waals surface area (Å²) in [5.41, 5.74) is 2.88. The molecule has 5 rings (SSSR count). The molecule has 0 aliphatic carbocycles. The van der Waals surface area contributed by atoms with Crippen LogP contribution in [0.5, 0.6) is 0 Å². The van der Waals surface area contributed by atoms with Gasteiger partial charge in [-0.15, -0.1) is 0 Å². The highest BCUT2D eigenvalue weighted by molar-refractivity contribution is 5.90. The van der Waals surface area contributed by atoms with Crippen LogP contribution in [-0.2, 0) is 12.0 Å². The van der Waals surface area contributed by atoms with Gasteiger partial charge in [-0.3, -0.25) is 9.48 Å². The van der Waals surface area contributed by atoms with Crippen LogP contribution < -0.4 is 16.0 Å². The minimum absolute atomic E-state index is 0.0165. The Hall–Kier alpha value is -4.19. The fourth-order valence-corrected chi connectivity index (χ4v) is 3.74. The highest BCUT2D eigenvalue weighted by atomic mass is 19.1. The number of aryl methyl sites for hydroxylation is 1. The van der Waals surface area contributed by atoms with Gasteiger partial charge in [0.2, 0.25) is 11.8 Å². The predicted molar refractivity (Wildman–Crippen MR) is 134 cm³/mol. The van der Waals surface area contributed by atoms with Crippen molar-refractivity contribution < 1.29 is 13.7 Å². The van der Waals surface area contributed by atoms with Gasteiger partial charge in [0.25, 0.3) is 11.7 Å². The van der Waals surface area contributed by atoms with Crippen molar-refractivity contribution in [2.75, 3.05) is 18.4 Å². The van der Waals surface area contributed by atoms with Crippen LogP contribution in [-0.4, -0.2) is 48.9 Å². The Labute approximate surface area is 212 Å². The van der Waals surface area contributed by atoms with E-state index >= 15 is 0 Å². The molecule has 1 saturated heterocycles. The first-order chi connectivity index (χ1) is 17.7. The van der Waals surface area contributed by atoms with Gasteiger partial charge < -0.3 is 20.5 Å². The molecule has 1 aliphatic heterocycles. The van der Waals surface area contributed by atoms with Crippen LogP contribution in [0.15, 0.2) is 41.3 Å². The minimum atomic E-state index is -0.533. The molecular weight excluding hydrogens is 477 g/mol. The minimum Gasteiger partial charge on any atom is -0.345 e. The zero-order chi connectivity index (χ0) is 26.2. The van der Waals surface area contributed by atoms with E-state index in [2.05, 4.69) is 41.2 Å². The molecule has 0 radical (unpaired) electrons. The standard InChI is InChI=1S/C25H28FN9O2/c1-14-7-15(5-6-16(14)8-28-22(36)21-33-23(37-34-21)25(2,3)4)20-19(26)12-29-24(32-20)31-17-9-30-35(13-17)18-10-27-11-18/h5-7,9,12-13,18,27H,8,10-11H2,1-4H3,(H,28,36)(H,29,31,32). The van der Waals surface area contributed by atoms with E-state index in [0.29, 0.717) is 17.5 Å². The van der Waals surface area contributed by atoms with E-state index in [-0.39, 0.29) is 29.4 Å². The lowest BCUT2D eigenvalue weighted by Gasteiger charge is -2.27. The zero-order valence-corrected chi connectivity index (χ0v) is 21.0. The first kappa shape index (κ1) is 24.5. The smallest absolute Gasteiger partial charge is 0.292 e. The molecule has 1 aromatic carbocycles. The summed E-state index contributed by atoms with van der Waals surface area (Å²) >= 11 is 0. The number of hydrogen-bond donors (Lipinski definition) is 3. The van der Waals surface area contributed by atoms with Gasteiger partial charge in [0, 0.05) is 36.8 Å². The van der Waals surface area contributed by atoms with E-state index in [9.17, 15) is 9.18 Å². The van der Waals surface area contributed by atoms with Crippen molar-refractivity contribution in [3.8, 4) is 11.3 Å². The van der Waals surface area contributed by atoms with Crippen LogP contribution in [0.2, 0.25) is 0 Å². The molecule has 1 fully saturated rings. The average Bonchev–Trinajstić information content (AvgIpc) is 3.48. The molecule has 192 valence electrons. The van der Waals surface area contributed by atoms with Gasteiger partial charge in [0.1, 0.15) is 5.69 Å². The molecular formula is C25H28FN9O2. The summed E-state index contributed by atoms with van der Waals surface area (Å²) in [5, 5.41) is 17.2. The third kappa shape index (κ3) is 5.33. The third-order valence-corrected chi connectivity index (χ3v) is 6.06. The van der Waals surface area contributed by atoms with Crippen LogP contribution in [0.25, 0.3) is 11.3 Å². The number of anilines is 2. The highest BCUT2D eigenvalue weighted by Crippen LogP contribution is 2.25. The topological polar surface area (TPSA) is 136 Å². The van der Waals surface area contributed by atoms with E-state index < -0.39 is 11.7 Å². The van der Waals surface area contributed by atoms with Gasteiger partial charge >= 0.3 is 0 Å². The van der Waals surface area contributed by atoms with Crippen LogP contribution in [0.4, 0.5) is 16.0 Å². The maximum Gasteiger partial charge on any atom is 0.292 e. The Morgan fingerprint density at radius 2 is 2.05 bits per heavy atom. The molecule has 0 saturated carbocycles. The summed E-state index contributed by atoms with van der Waals surface area (Å²) in [6, 6.07) is 5.74. The zero-order valence-electron chi connectivity index (χ0n) is 21.0. The first-order valence-electron chi connectivity index (χ1n) is 11.9. The van der Waals surface area contributed by atoms with E-state index in [1.54, 1.807) is 12.3 Å². The second-order valence-electron chi connectivity index (χ2n) is 10.0. The number of carbonyl (C=O) groups excluding carboxylic acids is 1. The Kier molecular flexibility index (Phi) is 6.42. The molecule has 1 amide bonds. The van der Waals surface area contributed by atoms with Gasteiger partial charge in [-0.2, -0.15) is 10.1 Å². The van der Waals surface area contributed by atoms with Crippen LogP contribution in [0.1, 0.15) is 54.4 Å². The first-order valence-corrected chi connectivity index (χ1v) is 11.9. The van der Waals surface area contributed by atoms with Crippen molar-refractivity contribution >= 4 is 17.5 Å². The fraction of sp³-hybridized carbons (Fsp3) is 0.360. The van der Waals surface area contributed by atoms with Gasteiger partial charge in [-0.1, -0.05) is 38.1 Å². The number of hydrogen-bond acceptors (Lipinski definition) is 9. The summed E-state index contributed by atoms with van der Waals surface area (Å²) < 4.78 is 21.7. The molecule has 0 spiro atoms. The van der Waals surface area contributed by atoms with Gasteiger partial charge in [-0.05, 0) is 24.1 Å². The van der Waals surface area contributed by atoms with Crippen molar-refractivity contribution in [3.63, 3.8) is 0 Å². The Bertz CT molecular complexity index is 1440. The van der Waals surface area contributed by atoms with Crippen molar-refractivity contribution in [3.05, 3.63) is 65.4 Å². The summed E-state index contributed by atoms with van der Waals surface area (Å²) in [5.74, 6) is -0.321. The molecule has 11 nitrogen and oxygen atoms in total. The normalized spacial score (nSPS) is 13.9. The molecule has 4 heterocycles. The molecule has 3 aromatic heterocycles. The number of benzene rings is 1. The largest absolute Gasteiger partial charge is 0.345 e. The average molecular weight is 506 g/mol. The Morgan fingerprint density at radius 1 is 1.24 bits per heavy atom. The lowest BCUT2D eigenvalue weighted by molar-refractivity contribution is 0.0937. The van der Waals surface area contributed by atoms with Gasteiger partial charge in [-0.25, -0.2) is 14.4 Å². The second-order valence-corrected chi connectivity index (χ2v) is 10.0. The lowest BCUT2D eigenvalue weighted by atomic mass is 9.97. The van der Waals surface area contributed by atoms with Crippen molar-refractivity contribution in [1.29, 1.82) is 0 Å². The van der Waals surface area contributed by atoms with E-state index in [4.69, 9.17) is 4.52 Å². The number of amides is 1. The Morgan fingerprint density at radius 3 is 2.73 bits per heavy atom. The third-order valence-electron chi connectivity index (χ3n) is 6.06. The maximum absolute atomic E-state index is 14.7. The highest BCUT2D eigenvalue weighted by Gasteiger charge is 2.24. The summed E-state index contributed by atoms with van der Waals surface area (Å²) in [6.07, 6.45) is 4.71. The molecule has 1 aliphatic rings. The second kappa shape index (κ2) is 9.69. The van der Waals surface area contributed by atoms with Crippen LogP contribution in [0.3, 0.4) is 0 Å². The van der Waals surface area contributed by atoms with Crippen molar-refractivity contribution in [2.24, 2.45) is 0 Å². The summed E-state index contributed by atoms with van der Waals surface area (Å²) in [6.45, 7) is 9.68. The van der Waals surface area contributed by atoms with Crippen LogP contribution in [0, 0.1) is 12.7 Å². The van der Waals surface area contributed by atoms with Crippen molar-refractivity contribution in [1.82, 2.24) is 40.5 Å². The molecule has 0 unspecified atom stereocenters. The van der Waals surface area contributed by atoms with Crippen LogP contribution >= 0.6 is 0 Å². The number of nitrogens with zero attached hydrogens (tertiary/aromatic N) is 6. The fourth-order valence-electron chi connectivity index (χ4n) is 3.74. The Balaban J connectivity index is 1.27.